The van der Waals surface area contributed by atoms with Gasteiger partial charge < -0.3 is 4.40 Å². The van der Waals surface area contributed by atoms with Gasteiger partial charge in [0, 0.05) is 22.9 Å². The molecule has 168 valence electrons. The molecule has 0 fully saturated rings. The lowest BCUT2D eigenvalue weighted by Gasteiger charge is -2.04. The standard InChI is InChI=1S/C25H17ClFN5OS/c1-15-19(14-28-32-24(29-30-25(32)34)18-6-2-3-7-20(18)26)21-8-4-5-13-31(21)22(15)23(33)16-9-11-17(27)12-10-16/h2-14H,1H3,(H,30,34)/b28-14+. The Bertz CT molecular complexity index is 1630. The summed E-state index contributed by atoms with van der Waals surface area (Å²) in [6.07, 6.45) is 3.47. The van der Waals surface area contributed by atoms with E-state index in [4.69, 9.17) is 23.8 Å². The van der Waals surface area contributed by atoms with Gasteiger partial charge in [-0.3, -0.25) is 4.79 Å². The smallest absolute Gasteiger partial charge is 0.216 e. The van der Waals surface area contributed by atoms with Crippen molar-refractivity contribution in [1.82, 2.24) is 19.3 Å². The normalized spacial score (nSPS) is 11.5. The summed E-state index contributed by atoms with van der Waals surface area (Å²) in [6.45, 7) is 1.86. The molecule has 0 spiro atoms. The molecule has 9 heteroatoms. The van der Waals surface area contributed by atoms with E-state index < -0.39 is 5.82 Å². The maximum absolute atomic E-state index is 13.4. The van der Waals surface area contributed by atoms with Crippen molar-refractivity contribution in [1.29, 1.82) is 0 Å². The fourth-order valence-electron chi connectivity index (χ4n) is 3.87. The van der Waals surface area contributed by atoms with Crippen LogP contribution in [0.2, 0.25) is 5.02 Å². The Morgan fingerprint density at radius 1 is 1.12 bits per heavy atom. The lowest BCUT2D eigenvalue weighted by atomic mass is 10.0. The number of hydrogen-bond acceptors (Lipinski definition) is 4. The molecular formula is C25H17ClFN5OS. The van der Waals surface area contributed by atoms with Crippen LogP contribution in [0.5, 0.6) is 0 Å². The van der Waals surface area contributed by atoms with Crippen LogP contribution in [0.3, 0.4) is 0 Å². The molecule has 0 bridgehead atoms. The number of fused-ring (bicyclic) bond motifs is 1. The van der Waals surface area contributed by atoms with Gasteiger partial charge in [-0.15, -0.1) is 0 Å². The Labute approximate surface area is 203 Å². The first-order chi connectivity index (χ1) is 16.5. The molecular weight excluding hydrogens is 473 g/mol. The van der Waals surface area contributed by atoms with Crippen molar-refractivity contribution in [2.75, 3.05) is 0 Å². The molecule has 3 aromatic heterocycles. The molecule has 0 atom stereocenters. The lowest BCUT2D eigenvalue weighted by molar-refractivity contribution is 0.103. The topological polar surface area (TPSA) is 67.4 Å². The Morgan fingerprint density at radius 3 is 2.62 bits per heavy atom. The van der Waals surface area contributed by atoms with Crippen molar-refractivity contribution in [3.8, 4) is 11.4 Å². The van der Waals surface area contributed by atoms with Gasteiger partial charge in [-0.1, -0.05) is 29.8 Å². The predicted molar refractivity (Wildman–Crippen MR) is 133 cm³/mol. The van der Waals surface area contributed by atoms with Crippen LogP contribution in [-0.4, -0.2) is 31.3 Å². The minimum Gasteiger partial charge on any atom is -0.313 e. The average Bonchev–Trinajstić information content (AvgIpc) is 3.34. The first kappa shape index (κ1) is 21.9. The lowest BCUT2D eigenvalue weighted by Crippen LogP contribution is -2.07. The quantitative estimate of drug-likeness (QED) is 0.185. The number of halogens is 2. The highest BCUT2D eigenvalue weighted by molar-refractivity contribution is 7.71. The zero-order valence-electron chi connectivity index (χ0n) is 17.9. The molecule has 3 heterocycles. The van der Waals surface area contributed by atoms with Crippen molar-refractivity contribution in [2.45, 2.75) is 6.92 Å². The Morgan fingerprint density at radius 2 is 1.85 bits per heavy atom. The molecule has 1 N–H and O–H groups in total. The van der Waals surface area contributed by atoms with Crippen molar-refractivity contribution >= 4 is 41.3 Å². The van der Waals surface area contributed by atoms with Crippen LogP contribution >= 0.6 is 23.8 Å². The number of pyridine rings is 1. The summed E-state index contributed by atoms with van der Waals surface area (Å²) in [4.78, 5) is 13.3. The van der Waals surface area contributed by atoms with E-state index in [1.165, 1.54) is 28.9 Å². The number of rotatable bonds is 5. The summed E-state index contributed by atoms with van der Waals surface area (Å²) >= 11 is 11.7. The molecule has 34 heavy (non-hydrogen) atoms. The summed E-state index contributed by atoms with van der Waals surface area (Å²) in [5.74, 6) is -0.141. The Hall–Kier alpha value is -3.88. The number of nitrogens with zero attached hydrogens (tertiary/aromatic N) is 4. The molecule has 6 nitrogen and oxygen atoms in total. The van der Waals surface area contributed by atoms with Crippen LogP contribution in [0, 0.1) is 17.5 Å². The maximum Gasteiger partial charge on any atom is 0.216 e. The van der Waals surface area contributed by atoms with Crippen molar-refractivity contribution in [2.24, 2.45) is 5.10 Å². The van der Waals surface area contributed by atoms with Gasteiger partial charge in [-0.05, 0) is 73.2 Å². The van der Waals surface area contributed by atoms with Crippen LogP contribution in [0.25, 0.3) is 16.9 Å². The number of aromatic amines is 1. The van der Waals surface area contributed by atoms with E-state index >= 15 is 0 Å². The second-order valence-electron chi connectivity index (χ2n) is 7.57. The highest BCUT2D eigenvalue weighted by Gasteiger charge is 2.21. The van der Waals surface area contributed by atoms with Crippen LogP contribution in [0.1, 0.15) is 27.2 Å². The molecule has 0 aliphatic carbocycles. The first-order valence-corrected chi connectivity index (χ1v) is 11.1. The van der Waals surface area contributed by atoms with E-state index in [-0.39, 0.29) is 5.78 Å². The molecule has 0 unspecified atom stereocenters. The number of nitrogens with one attached hydrogen (secondary N) is 1. The number of H-pyrrole nitrogens is 1. The molecule has 0 saturated heterocycles. The van der Waals surface area contributed by atoms with Gasteiger partial charge in [0.15, 0.2) is 5.82 Å². The minimum absolute atomic E-state index is 0.213. The molecule has 0 aliphatic rings. The third kappa shape index (κ3) is 3.76. The van der Waals surface area contributed by atoms with Gasteiger partial charge in [0.1, 0.15) is 5.82 Å². The summed E-state index contributed by atoms with van der Waals surface area (Å²) < 4.78 is 17.0. The highest BCUT2D eigenvalue weighted by Crippen LogP contribution is 2.27. The molecule has 0 aliphatic heterocycles. The van der Waals surface area contributed by atoms with Crippen LogP contribution < -0.4 is 0 Å². The van der Waals surface area contributed by atoms with Gasteiger partial charge in [-0.2, -0.15) is 14.9 Å². The van der Waals surface area contributed by atoms with E-state index in [2.05, 4.69) is 15.3 Å². The van der Waals surface area contributed by atoms with Crippen LogP contribution in [-0.2, 0) is 0 Å². The van der Waals surface area contributed by atoms with Crippen LogP contribution in [0.4, 0.5) is 4.39 Å². The first-order valence-electron chi connectivity index (χ1n) is 10.3. The molecule has 5 aromatic rings. The summed E-state index contributed by atoms with van der Waals surface area (Å²) in [5.41, 5.74) is 3.83. The number of hydrogen-bond donors (Lipinski definition) is 1. The minimum atomic E-state index is -0.396. The van der Waals surface area contributed by atoms with Gasteiger partial charge in [0.25, 0.3) is 0 Å². The monoisotopic (exact) mass is 489 g/mol. The summed E-state index contributed by atoms with van der Waals surface area (Å²) in [6, 6.07) is 18.4. The van der Waals surface area contributed by atoms with Crippen molar-refractivity contribution < 1.29 is 9.18 Å². The fourth-order valence-corrected chi connectivity index (χ4v) is 4.27. The summed E-state index contributed by atoms with van der Waals surface area (Å²) in [7, 11) is 0. The number of aromatic nitrogens is 4. The zero-order chi connectivity index (χ0) is 23.8. The second kappa shape index (κ2) is 8.81. The van der Waals surface area contributed by atoms with E-state index in [0.29, 0.717) is 32.4 Å². The molecule has 0 amide bonds. The number of carbonyl (C=O) groups excluding carboxylic acids is 1. The number of ketones is 1. The van der Waals surface area contributed by atoms with Crippen molar-refractivity contribution in [3.63, 3.8) is 0 Å². The van der Waals surface area contributed by atoms with Crippen molar-refractivity contribution in [3.05, 3.63) is 111 Å². The predicted octanol–water partition coefficient (Wildman–Crippen LogP) is 6.07. The molecule has 2 aromatic carbocycles. The Balaban J connectivity index is 1.63. The second-order valence-corrected chi connectivity index (χ2v) is 8.36. The zero-order valence-corrected chi connectivity index (χ0v) is 19.4. The molecule has 0 saturated carbocycles. The Kier molecular flexibility index (Phi) is 5.69. The van der Waals surface area contributed by atoms with E-state index in [1.807, 2.05) is 53.9 Å². The van der Waals surface area contributed by atoms with Gasteiger partial charge in [0.2, 0.25) is 10.6 Å². The van der Waals surface area contributed by atoms with Gasteiger partial charge >= 0.3 is 0 Å². The highest BCUT2D eigenvalue weighted by atomic mass is 35.5. The molecule has 0 radical (unpaired) electrons. The molecule has 5 rings (SSSR count). The van der Waals surface area contributed by atoms with E-state index in [0.717, 1.165) is 16.6 Å². The average molecular weight is 490 g/mol. The summed E-state index contributed by atoms with van der Waals surface area (Å²) in [5, 5.41) is 12.1. The third-order valence-electron chi connectivity index (χ3n) is 5.52. The van der Waals surface area contributed by atoms with E-state index in [1.54, 1.807) is 12.3 Å². The number of benzene rings is 2. The van der Waals surface area contributed by atoms with E-state index in [9.17, 15) is 9.18 Å². The fraction of sp³-hybridized carbons (Fsp3) is 0.0400. The maximum atomic E-state index is 13.4. The third-order valence-corrected chi connectivity index (χ3v) is 6.12. The SMILES string of the molecule is Cc1c(/C=N/n2c(-c3ccccc3Cl)n[nH]c2=S)c2ccccn2c1C(=O)c1ccc(F)cc1. The van der Waals surface area contributed by atoms with Gasteiger partial charge in [0.05, 0.1) is 22.4 Å². The number of carbonyl (C=O) groups is 1. The van der Waals surface area contributed by atoms with Gasteiger partial charge in [-0.25, -0.2) is 9.49 Å². The van der Waals surface area contributed by atoms with Crippen LogP contribution in [0.15, 0.2) is 78.0 Å². The largest absolute Gasteiger partial charge is 0.313 e.